The largest absolute Gasteiger partial charge is 0.312 e. The van der Waals surface area contributed by atoms with Gasteiger partial charge in [0.15, 0.2) is 0 Å². The van der Waals surface area contributed by atoms with Crippen LogP contribution in [-0.2, 0) is 10.2 Å². The van der Waals surface area contributed by atoms with Gasteiger partial charge >= 0.3 is 0 Å². The van der Waals surface area contributed by atoms with Gasteiger partial charge in [-0.3, -0.25) is 9.79 Å². The molecule has 1 aromatic rings. The monoisotopic (exact) mass is 216 g/mol. The summed E-state index contributed by atoms with van der Waals surface area (Å²) >= 11 is 0. The molecule has 0 fully saturated rings. The summed E-state index contributed by atoms with van der Waals surface area (Å²) in [5, 5.41) is 2.85. The minimum atomic E-state index is -0.266. The summed E-state index contributed by atoms with van der Waals surface area (Å²) in [7, 11) is 0. The molecule has 0 spiro atoms. The van der Waals surface area contributed by atoms with Crippen molar-refractivity contribution < 1.29 is 4.79 Å². The van der Waals surface area contributed by atoms with E-state index in [-0.39, 0.29) is 17.4 Å². The Kier molecular flexibility index (Phi) is 2.54. The molecule has 1 aromatic carbocycles. The quantitative estimate of drug-likeness (QED) is 0.805. The number of carbonyl (C=O) groups excluding carboxylic acids is 1. The van der Waals surface area contributed by atoms with Gasteiger partial charge in [-0.2, -0.15) is 0 Å². The zero-order chi connectivity index (χ0) is 11.8. The van der Waals surface area contributed by atoms with Crippen LogP contribution in [0.4, 0.5) is 0 Å². The Bertz CT molecular complexity index is 435. The van der Waals surface area contributed by atoms with Crippen LogP contribution in [0.25, 0.3) is 0 Å². The minimum absolute atomic E-state index is 0.0148. The lowest BCUT2D eigenvalue weighted by Crippen LogP contribution is -2.39. The van der Waals surface area contributed by atoms with Gasteiger partial charge in [-0.25, -0.2) is 0 Å². The molecule has 3 nitrogen and oxygen atoms in total. The summed E-state index contributed by atoms with van der Waals surface area (Å²) < 4.78 is 0. The van der Waals surface area contributed by atoms with Crippen LogP contribution in [-0.4, -0.2) is 17.8 Å². The van der Waals surface area contributed by atoms with Crippen LogP contribution in [0.5, 0.6) is 0 Å². The van der Waals surface area contributed by atoms with E-state index >= 15 is 0 Å². The van der Waals surface area contributed by atoms with Gasteiger partial charge in [0.05, 0.1) is 0 Å². The fraction of sp³-hybridized carbons (Fsp3) is 0.385. The molecule has 0 saturated carbocycles. The minimum Gasteiger partial charge on any atom is -0.312 e. The predicted molar refractivity (Wildman–Crippen MR) is 64.5 cm³/mol. The second-order valence-electron chi connectivity index (χ2n) is 4.63. The maximum atomic E-state index is 11.4. The number of hydrogen-bond acceptors (Lipinski definition) is 2. The average molecular weight is 216 g/mol. The number of rotatable bonds is 2. The molecule has 1 unspecified atom stereocenters. The van der Waals surface area contributed by atoms with Gasteiger partial charge in [0, 0.05) is 5.41 Å². The van der Waals surface area contributed by atoms with E-state index in [1.54, 1.807) is 0 Å². The molecule has 1 heterocycles. The molecule has 3 heteroatoms. The molecule has 0 aromatic heterocycles. The number of nitrogens with zero attached hydrogens (tertiary/aromatic N) is 1. The van der Waals surface area contributed by atoms with Crippen LogP contribution in [0.1, 0.15) is 26.3 Å². The number of amidine groups is 1. The van der Waals surface area contributed by atoms with Gasteiger partial charge in [0.1, 0.15) is 11.9 Å². The molecule has 2 rings (SSSR count). The Morgan fingerprint density at radius 3 is 2.38 bits per heavy atom. The van der Waals surface area contributed by atoms with E-state index < -0.39 is 0 Å². The van der Waals surface area contributed by atoms with Crippen molar-refractivity contribution in [2.24, 2.45) is 4.99 Å². The normalized spacial score (nSPS) is 20.6. The highest BCUT2D eigenvalue weighted by Crippen LogP contribution is 2.25. The maximum absolute atomic E-state index is 11.4. The Balaban J connectivity index is 2.34. The molecule has 0 saturated heterocycles. The van der Waals surface area contributed by atoms with Crippen molar-refractivity contribution in [1.82, 2.24) is 5.32 Å². The third kappa shape index (κ3) is 1.73. The molecule has 0 aliphatic carbocycles. The smallest absolute Gasteiger partial charge is 0.249 e. The summed E-state index contributed by atoms with van der Waals surface area (Å²) in [6.07, 6.45) is 0. The molecule has 0 radical (unpaired) electrons. The second-order valence-corrected chi connectivity index (χ2v) is 4.63. The summed E-state index contributed by atoms with van der Waals surface area (Å²) in [5.74, 6) is 0.746. The van der Waals surface area contributed by atoms with Crippen molar-refractivity contribution in [1.29, 1.82) is 0 Å². The van der Waals surface area contributed by atoms with Gasteiger partial charge in [-0.1, -0.05) is 30.3 Å². The summed E-state index contributed by atoms with van der Waals surface area (Å²) in [6, 6.07) is 9.82. The lowest BCUT2D eigenvalue weighted by Gasteiger charge is -2.25. The maximum Gasteiger partial charge on any atom is 0.249 e. The average Bonchev–Trinajstić information content (AvgIpc) is 2.61. The fourth-order valence-electron chi connectivity index (χ4n) is 1.81. The lowest BCUT2D eigenvalue weighted by molar-refractivity contribution is -0.119. The third-order valence-corrected chi connectivity index (χ3v) is 3.03. The van der Waals surface area contributed by atoms with Crippen LogP contribution in [0.3, 0.4) is 0 Å². The third-order valence-electron chi connectivity index (χ3n) is 3.03. The topological polar surface area (TPSA) is 41.5 Å². The Morgan fingerprint density at radius 2 is 1.88 bits per heavy atom. The molecule has 84 valence electrons. The number of carbonyl (C=O) groups is 1. The van der Waals surface area contributed by atoms with Gasteiger partial charge in [0.25, 0.3) is 0 Å². The Morgan fingerprint density at radius 1 is 1.25 bits per heavy atom. The van der Waals surface area contributed by atoms with E-state index in [1.807, 2.05) is 25.1 Å². The Labute approximate surface area is 95.6 Å². The van der Waals surface area contributed by atoms with Gasteiger partial charge < -0.3 is 5.32 Å². The van der Waals surface area contributed by atoms with Crippen molar-refractivity contribution in [2.45, 2.75) is 32.2 Å². The van der Waals surface area contributed by atoms with Crippen molar-refractivity contribution in [3.63, 3.8) is 0 Å². The van der Waals surface area contributed by atoms with Crippen LogP contribution in [0, 0.1) is 0 Å². The van der Waals surface area contributed by atoms with Crippen LogP contribution in [0.15, 0.2) is 35.3 Å². The number of hydrogen-bond donors (Lipinski definition) is 1. The van der Waals surface area contributed by atoms with E-state index in [9.17, 15) is 4.79 Å². The van der Waals surface area contributed by atoms with E-state index in [0.717, 1.165) is 11.4 Å². The van der Waals surface area contributed by atoms with Crippen molar-refractivity contribution in [2.75, 3.05) is 0 Å². The lowest BCUT2D eigenvalue weighted by atomic mass is 9.83. The molecule has 0 bridgehead atoms. The van der Waals surface area contributed by atoms with E-state index in [2.05, 4.69) is 36.3 Å². The van der Waals surface area contributed by atoms with E-state index in [0.29, 0.717) is 0 Å². The fourth-order valence-corrected chi connectivity index (χ4v) is 1.81. The van der Waals surface area contributed by atoms with Gasteiger partial charge in [-0.05, 0) is 26.3 Å². The highest BCUT2D eigenvalue weighted by Gasteiger charge is 2.34. The SMILES string of the molecule is CC1N=C(C(C)(C)c2ccccc2)NC1=O. The first-order valence-electron chi connectivity index (χ1n) is 5.46. The standard InChI is InChI=1S/C13H16N2O/c1-9-11(16)15-12(14-9)13(2,3)10-7-5-4-6-8-10/h4-9H,1-3H3,(H,14,15,16). The molecule has 1 atom stereocenters. The van der Waals surface area contributed by atoms with Crippen LogP contribution in [0.2, 0.25) is 0 Å². The molecule has 1 aliphatic heterocycles. The number of nitrogens with one attached hydrogen (secondary N) is 1. The number of aliphatic imine (C=N–C) groups is 1. The zero-order valence-electron chi connectivity index (χ0n) is 9.82. The van der Waals surface area contributed by atoms with E-state index in [1.165, 1.54) is 0 Å². The molecular weight excluding hydrogens is 200 g/mol. The van der Waals surface area contributed by atoms with Crippen molar-refractivity contribution in [3.05, 3.63) is 35.9 Å². The molecule has 1 aliphatic rings. The van der Waals surface area contributed by atoms with Crippen LogP contribution >= 0.6 is 0 Å². The molecule has 1 amide bonds. The molecule has 16 heavy (non-hydrogen) atoms. The first kappa shape index (κ1) is 10.9. The first-order chi connectivity index (χ1) is 7.51. The molecular formula is C13H16N2O. The second kappa shape index (κ2) is 3.74. The van der Waals surface area contributed by atoms with E-state index in [4.69, 9.17) is 0 Å². The molecule has 1 N–H and O–H groups in total. The predicted octanol–water partition coefficient (Wildman–Crippen LogP) is 1.88. The summed E-state index contributed by atoms with van der Waals surface area (Å²) in [4.78, 5) is 15.8. The van der Waals surface area contributed by atoms with Gasteiger partial charge in [0.2, 0.25) is 5.91 Å². The summed E-state index contributed by atoms with van der Waals surface area (Å²) in [6.45, 7) is 5.95. The van der Waals surface area contributed by atoms with Gasteiger partial charge in [-0.15, -0.1) is 0 Å². The zero-order valence-corrected chi connectivity index (χ0v) is 9.82. The Hall–Kier alpha value is -1.64. The highest BCUT2D eigenvalue weighted by atomic mass is 16.2. The first-order valence-corrected chi connectivity index (χ1v) is 5.46. The van der Waals surface area contributed by atoms with Crippen molar-refractivity contribution in [3.8, 4) is 0 Å². The highest BCUT2D eigenvalue weighted by molar-refractivity contribution is 6.09. The number of amides is 1. The van der Waals surface area contributed by atoms with Crippen LogP contribution < -0.4 is 5.32 Å². The van der Waals surface area contributed by atoms with Crippen molar-refractivity contribution >= 4 is 11.7 Å². The number of benzene rings is 1. The summed E-state index contributed by atoms with van der Waals surface area (Å²) in [5.41, 5.74) is 0.907.